The molecular formula is C11H19N3O2. The highest BCUT2D eigenvalue weighted by Gasteiger charge is 2.18. The van der Waals surface area contributed by atoms with Gasteiger partial charge in [-0.2, -0.15) is 0 Å². The summed E-state index contributed by atoms with van der Waals surface area (Å²) in [5.74, 6) is 0.463. The Hall–Kier alpha value is -1.52. The van der Waals surface area contributed by atoms with Gasteiger partial charge in [0.2, 0.25) is 0 Å². The third-order valence-electron chi connectivity index (χ3n) is 2.05. The first-order valence-electron chi connectivity index (χ1n) is 5.35. The van der Waals surface area contributed by atoms with Crippen LogP contribution in [0.25, 0.3) is 0 Å². The molecule has 0 bridgehead atoms. The number of aromatic nitrogens is 2. The van der Waals surface area contributed by atoms with Crippen molar-refractivity contribution in [1.29, 1.82) is 0 Å². The fourth-order valence-corrected chi connectivity index (χ4v) is 1.52. The second-order valence-electron chi connectivity index (χ2n) is 5.13. The summed E-state index contributed by atoms with van der Waals surface area (Å²) in [5, 5.41) is 3.00. The maximum atomic E-state index is 11.8. The zero-order chi connectivity index (χ0) is 12.5. The van der Waals surface area contributed by atoms with Crippen LogP contribution in [0.15, 0.2) is 15.7 Å². The minimum atomic E-state index is -0.513. The fraction of sp³-hybridized carbons (Fsp3) is 0.636. The average Bonchev–Trinajstić information content (AvgIpc) is 1.96. The van der Waals surface area contributed by atoms with E-state index in [0.29, 0.717) is 5.82 Å². The van der Waals surface area contributed by atoms with Crippen molar-refractivity contribution < 1.29 is 0 Å². The molecule has 0 fully saturated rings. The quantitative estimate of drug-likeness (QED) is 0.792. The normalized spacial score (nSPS) is 11.9. The van der Waals surface area contributed by atoms with Crippen LogP contribution in [0, 0.1) is 0 Å². The van der Waals surface area contributed by atoms with Crippen molar-refractivity contribution >= 4 is 5.82 Å². The molecule has 0 spiro atoms. The fourth-order valence-electron chi connectivity index (χ4n) is 1.52. The Kier molecular flexibility index (Phi) is 3.26. The molecule has 5 heteroatoms. The number of aromatic amines is 1. The zero-order valence-corrected chi connectivity index (χ0v) is 10.4. The Morgan fingerprint density at radius 1 is 1.31 bits per heavy atom. The lowest BCUT2D eigenvalue weighted by atomic mass is 10.1. The molecule has 0 aliphatic heterocycles. The molecule has 1 aromatic rings. The molecule has 5 nitrogen and oxygen atoms in total. The van der Waals surface area contributed by atoms with Crippen molar-refractivity contribution in [3.63, 3.8) is 0 Å². The molecule has 0 aliphatic carbocycles. The highest BCUT2D eigenvalue weighted by Crippen LogP contribution is 2.07. The van der Waals surface area contributed by atoms with Crippen molar-refractivity contribution in [2.45, 2.75) is 46.2 Å². The van der Waals surface area contributed by atoms with E-state index in [-0.39, 0.29) is 17.3 Å². The lowest BCUT2D eigenvalue weighted by Gasteiger charge is -2.21. The summed E-state index contributed by atoms with van der Waals surface area (Å²) in [7, 11) is 0. The number of nitrogens with zero attached hydrogens (tertiary/aromatic N) is 1. The van der Waals surface area contributed by atoms with E-state index in [1.165, 1.54) is 10.6 Å². The molecule has 0 unspecified atom stereocenters. The number of hydrogen-bond acceptors (Lipinski definition) is 3. The molecular weight excluding hydrogens is 206 g/mol. The Morgan fingerprint density at radius 3 is 2.25 bits per heavy atom. The third-order valence-corrected chi connectivity index (χ3v) is 2.05. The van der Waals surface area contributed by atoms with E-state index in [9.17, 15) is 9.59 Å². The molecule has 0 atom stereocenters. The number of hydrogen-bond donors (Lipinski definition) is 2. The van der Waals surface area contributed by atoms with Crippen molar-refractivity contribution in [2.24, 2.45) is 0 Å². The van der Waals surface area contributed by atoms with E-state index in [1.54, 1.807) is 0 Å². The zero-order valence-electron chi connectivity index (χ0n) is 10.4. The van der Waals surface area contributed by atoms with Crippen LogP contribution in [0.2, 0.25) is 0 Å². The van der Waals surface area contributed by atoms with Crippen LogP contribution in [-0.2, 0) is 5.54 Å². The molecule has 0 saturated carbocycles. The van der Waals surface area contributed by atoms with Gasteiger partial charge in [-0.3, -0.25) is 14.3 Å². The molecule has 1 rings (SSSR count). The Morgan fingerprint density at radius 2 is 1.88 bits per heavy atom. The Bertz CT molecular complexity index is 446. The molecule has 16 heavy (non-hydrogen) atoms. The highest BCUT2D eigenvalue weighted by atomic mass is 16.2. The van der Waals surface area contributed by atoms with E-state index in [1.807, 2.05) is 34.6 Å². The van der Waals surface area contributed by atoms with Crippen LogP contribution in [0.3, 0.4) is 0 Å². The van der Waals surface area contributed by atoms with Crippen LogP contribution in [-0.4, -0.2) is 15.6 Å². The summed E-state index contributed by atoms with van der Waals surface area (Å²) in [6, 6.07) is 1.58. The first-order valence-corrected chi connectivity index (χ1v) is 5.35. The molecule has 0 aliphatic rings. The van der Waals surface area contributed by atoms with Gasteiger partial charge in [0.25, 0.3) is 5.56 Å². The lowest BCUT2D eigenvalue weighted by molar-refractivity contribution is 0.367. The van der Waals surface area contributed by atoms with Gasteiger partial charge in [-0.25, -0.2) is 4.79 Å². The minimum absolute atomic E-state index is 0.167. The standard InChI is InChI=1S/C11H19N3O2/c1-7(2)12-8-6-9(15)14(10(16)13-8)11(3,4)5/h6-7,12H,1-5H3,(H,13,16). The second-order valence-corrected chi connectivity index (χ2v) is 5.13. The van der Waals surface area contributed by atoms with E-state index in [4.69, 9.17) is 0 Å². The van der Waals surface area contributed by atoms with E-state index in [2.05, 4.69) is 10.3 Å². The van der Waals surface area contributed by atoms with E-state index < -0.39 is 5.54 Å². The van der Waals surface area contributed by atoms with Gasteiger partial charge < -0.3 is 5.32 Å². The smallest absolute Gasteiger partial charge is 0.330 e. The summed E-state index contributed by atoms with van der Waals surface area (Å²) in [5.41, 5.74) is -1.19. The largest absolute Gasteiger partial charge is 0.369 e. The maximum Gasteiger partial charge on any atom is 0.330 e. The first-order chi connectivity index (χ1) is 7.21. The second kappa shape index (κ2) is 4.15. The SMILES string of the molecule is CC(C)Nc1cc(=O)n(C(C)(C)C)c(=O)[nH]1. The minimum Gasteiger partial charge on any atom is -0.369 e. The van der Waals surface area contributed by atoms with Crippen LogP contribution in [0.5, 0.6) is 0 Å². The van der Waals surface area contributed by atoms with Crippen LogP contribution >= 0.6 is 0 Å². The molecule has 90 valence electrons. The van der Waals surface area contributed by atoms with Crippen LogP contribution < -0.4 is 16.6 Å². The Labute approximate surface area is 94.5 Å². The Balaban J connectivity index is 3.30. The van der Waals surface area contributed by atoms with Gasteiger partial charge >= 0.3 is 5.69 Å². The summed E-state index contributed by atoms with van der Waals surface area (Å²) in [6.45, 7) is 9.33. The van der Waals surface area contributed by atoms with Gasteiger partial charge in [0.1, 0.15) is 5.82 Å². The van der Waals surface area contributed by atoms with E-state index in [0.717, 1.165) is 0 Å². The molecule has 0 saturated heterocycles. The van der Waals surface area contributed by atoms with Crippen LogP contribution in [0.4, 0.5) is 5.82 Å². The van der Waals surface area contributed by atoms with Gasteiger partial charge in [-0.15, -0.1) is 0 Å². The monoisotopic (exact) mass is 225 g/mol. The van der Waals surface area contributed by atoms with Gasteiger partial charge in [0, 0.05) is 17.6 Å². The van der Waals surface area contributed by atoms with Gasteiger partial charge in [-0.05, 0) is 34.6 Å². The summed E-state index contributed by atoms with van der Waals surface area (Å²) in [4.78, 5) is 26.2. The predicted molar refractivity (Wildman–Crippen MR) is 65.1 cm³/mol. The lowest BCUT2D eigenvalue weighted by Crippen LogP contribution is -2.44. The molecule has 2 N–H and O–H groups in total. The molecule has 1 aromatic heterocycles. The molecule has 1 heterocycles. The van der Waals surface area contributed by atoms with Gasteiger partial charge in [0.05, 0.1) is 0 Å². The summed E-state index contributed by atoms with van der Waals surface area (Å²) in [6.07, 6.45) is 0. The maximum absolute atomic E-state index is 11.8. The van der Waals surface area contributed by atoms with Crippen molar-refractivity contribution in [1.82, 2.24) is 9.55 Å². The van der Waals surface area contributed by atoms with Gasteiger partial charge in [0.15, 0.2) is 0 Å². The van der Waals surface area contributed by atoms with Crippen molar-refractivity contribution in [3.8, 4) is 0 Å². The number of nitrogens with one attached hydrogen (secondary N) is 2. The summed E-state index contributed by atoms with van der Waals surface area (Å²) >= 11 is 0. The number of rotatable bonds is 2. The van der Waals surface area contributed by atoms with Crippen molar-refractivity contribution in [2.75, 3.05) is 5.32 Å². The molecule has 0 radical (unpaired) electrons. The molecule has 0 aromatic carbocycles. The number of anilines is 1. The van der Waals surface area contributed by atoms with Gasteiger partial charge in [-0.1, -0.05) is 0 Å². The molecule has 0 amide bonds. The average molecular weight is 225 g/mol. The topological polar surface area (TPSA) is 66.9 Å². The van der Waals surface area contributed by atoms with Crippen LogP contribution in [0.1, 0.15) is 34.6 Å². The third kappa shape index (κ3) is 2.74. The van der Waals surface area contributed by atoms with Crippen molar-refractivity contribution in [3.05, 3.63) is 26.9 Å². The predicted octanol–water partition coefficient (Wildman–Crippen LogP) is 1.11. The first kappa shape index (κ1) is 12.5. The highest BCUT2D eigenvalue weighted by molar-refractivity contribution is 5.32. The van der Waals surface area contributed by atoms with E-state index >= 15 is 0 Å². The number of H-pyrrole nitrogens is 1. The summed E-state index contributed by atoms with van der Waals surface area (Å²) < 4.78 is 1.21.